The second-order valence-electron chi connectivity index (χ2n) is 5.66. The fourth-order valence-corrected chi connectivity index (χ4v) is 3.32. The molecule has 0 saturated carbocycles. The molecule has 0 unspecified atom stereocenters. The molecule has 22 heavy (non-hydrogen) atoms. The summed E-state index contributed by atoms with van der Waals surface area (Å²) in [6, 6.07) is 7.46. The minimum absolute atomic E-state index is 0. The van der Waals surface area contributed by atoms with E-state index in [0.717, 1.165) is 31.9 Å². The monoisotopic (exact) mass is 320 g/mol. The van der Waals surface area contributed by atoms with E-state index in [-0.39, 0.29) is 18.3 Å². The highest BCUT2D eigenvalue weighted by Crippen LogP contribution is 2.28. The predicted octanol–water partition coefficient (Wildman–Crippen LogP) is 0.375. The molecule has 116 valence electrons. The predicted molar refractivity (Wildman–Crippen MR) is 82.2 cm³/mol. The van der Waals surface area contributed by atoms with Crippen LogP contribution in [0, 0.1) is 11.8 Å². The van der Waals surface area contributed by atoms with Gasteiger partial charge in [0.15, 0.2) is 0 Å². The third-order valence-corrected chi connectivity index (χ3v) is 4.41. The van der Waals surface area contributed by atoms with Gasteiger partial charge in [-0.1, -0.05) is 12.1 Å². The maximum Gasteiger partial charge on any atom is 0.256 e. The second kappa shape index (κ2) is 6.02. The van der Waals surface area contributed by atoms with Crippen LogP contribution in [0.5, 0.6) is 0 Å². The number of aromatic nitrogens is 4. The van der Waals surface area contributed by atoms with Crippen LogP contribution in [-0.2, 0) is 0 Å². The number of benzene rings is 1. The van der Waals surface area contributed by atoms with Gasteiger partial charge in [0.05, 0.1) is 11.3 Å². The van der Waals surface area contributed by atoms with Gasteiger partial charge in [-0.3, -0.25) is 4.79 Å². The minimum Gasteiger partial charge on any atom is -0.338 e. The van der Waals surface area contributed by atoms with E-state index in [2.05, 4.69) is 20.8 Å². The van der Waals surface area contributed by atoms with Crippen LogP contribution in [-0.4, -0.2) is 57.2 Å². The van der Waals surface area contributed by atoms with E-state index in [9.17, 15) is 4.79 Å². The van der Waals surface area contributed by atoms with Crippen LogP contribution >= 0.6 is 12.4 Å². The average molecular weight is 321 g/mol. The first-order valence-electron chi connectivity index (χ1n) is 7.15. The molecule has 2 aromatic rings. The van der Waals surface area contributed by atoms with Gasteiger partial charge in [-0.15, -0.1) is 17.5 Å². The van der Waals surface area contributed by atoms with E-state index in [1.165, 1.54) is 11.0 Å². The van der Waals surface area contributed by atoms with Crippen molar-refractivity contribution >= 4 is 18.3 Å². The molecule has 1 amide bonds. The first-order chi connectivity index (χ1) is 10.3. The third-order valence-electron chi connectivity index (χ3n) is 4.41. The molecule has 1 aromatic heterocycles. The molecular weight excluding hydrogens is 304 g/mol. The van der Waals surface area contributed by atoms with Gasteiger partial charge < -0.3 is 10.2 Å². The number of hydrogen-bond donors (Lipinski definition) is 1. The molecule has 0 bridgehead atoms. The Morgan fingerprint density at radius 1 is 1.18 bits per heavy atom. The standard InChI is InChI=1S/C14H16N6O.ClH/c21-14(19-7-10-5-15-6-11(10)8-19)12-3-1-2-4-13(12)20-9-16-17-18-20;/h1-4,9-11,15H,5-8H2;1H/t10-,11+;. The summed E-state index contributed by atoms with van der Waals surface area (Å²) in [5.41, 5.74) is 1.38. The molecule has 3 heterocycles. The summed E-state index contributed by atoms with van der Waals surface area (Å²) in [7, 11) is 0. The molecule has 1 aromatic carbocycles. The number of carbonyl (C=O) groups is 1. The number of nitrogens with one attached hydrogen (secondary N) is 1. The molecule has 7 nitrogen and oxygen atoms in total. The zero-order chi connectivity index (χ0) is 14.2. The van der Waals surface area contributed by atoms with Gasteiger partial charge in [0, 0.05) is 26.2 Å². The molecule has 1 N–H and O–H groups in total. The summed E-state index contributed by atoms with van der Waals surface area (Å²) in [6.45, 7) is 3.70. The molecule has 0 radical (unpaired) electrons. The maximum atomic E-state index is 12.8. The van der Waals surface area contributed by atoms with Crippen LogP contribution in [0.2, 0.25) is 0 Å². The number of likely N-dealkylation sites (tertiary alicyclic amines) is 1. The molecule has 2 aliphatic rings. The summed E-state index contributed by atoms with van der Waals surface area (Å²) in [6.07, 6.45) is 1.51. The van der Waals surface area contributed by atoms with E-state index >= 15 is 0 Å². The normalized spacial score (nSPS) is 23.2. The van der Waals surface area contributed by atoms with Crippen molar-refractivity contribution in [3.05, 3.63) is 36.2 Å². The number of tetrazole rings is 1. The van der Waals surface area contributed by atoms with Crippen LogP contribution in [0.15, 0.2) is 30.6 Å². The number of hydrogen-bond acceptors (Lipinski definition) is 5. The van der Waals surface area contributed by atoms with E-state index in [0.29, 0.717) is 17.4 Å². The summed E-state index contributed by atoms with van der Waals surface area (Å²) < 4.78 is 1.53. The van der Waals surface area contributed by atoms with E-state index in [1.807, 2.05) is 29.2 Å². The molecule has 2 aliphatic heterocycles. The van der Waals surface area contributed by atoms with Crippen LogP contribution in [0.25, 0.3) is 5.69 Å². The first-order valence-corrected chi connectivity index (χ1v) is 7.15. The Kier molecular flexibility index (Phi) is 4.08. The fraction of sp³-hybridized carbons (Fsp3) is 0.429. The number of para-hydroxylation sites is 1. The lowest BCUT2D eigenvalue weighted by molar-refractivity contribution is 0.0781. The molecule has 2 saturated heterocycles. The van der Waals surface area contributed by atoms with Gasteiger partial charge in [-0.25, -0.2) is 0 Å². The third kappa shape index (κ3) is 2.46. The Morgan fingerprint density at radius 2 is 1.91 bits per heavy atom. The Morgan fingerprint density at radius 3 is 2.59 bits per heavy atom. The number of amides is 1. The van der Waals surface area contributed by atoms with Gasteiger partial charge in [0.2, 0.25) is 0 Å². The summed E-state index contributed by atoms with van der Waals surface area (Å²) in [5, 5.41) is 14.6. The highest BCUT2D eigenvalue weighted by Gasteiger charge is 2.38. The Labute approximate surface area is 134 Å². The highest BCUT2D eigenvalue weighted by molar-refractivity contribution is 5.98. The van der Waals surface area contributed by atoms with Crippen molar-refractivity contribution in [2.75, 3.05) is 26.2 Å². The van der Waals surface area contributed by atoms with Gasteiger partial charge in [0.25, 0.3) is 5.91 Å². The smallest absolute Gasteiger partial charge is 0.256 e. The molecule has 4 rings (SSSR count). The highest BCUT2D eigenvalue weighted by atomic mass is 35.5. The van der Waals surface area contributed by atoms with Crippen molar-refractivity contribution in [2.45, 2.75) is 0 Å². The topological polar surface area (TPSA) is 75.9 Å². The number of rotatable bonds is 2. The van der Waals surface area contributed by atoms with Crippen LogP contribution in [0.3, 0.4) is 0 Å². The number of fused-ring (bicyclic) bond motifs is 1. The van der Waals surface area contributed by atoms with Gasteiger partial charge in [-0.2, -0.15) is 4.68 Å². The summed E-state index contributed by atoms with van der Waals surface area (Å²) in [5.74, 6) is 1.25. The average Bonchev–Trinajstić information content (AvgIpc) is 3.22. The Balaban J connectivity index is 0.00000144. The molecule has 0 spiro atoms. The largest absolute Gasteiger partial charge is 0.338 e. The zero-order valence-electron chi connectivity index (χ0n) is 11.9. The van der Waals surface area contributed by atoms with Crippen molar-refractivity contribution < 1.29 is 4.79 Å². The minimum atomic E-state index is 0. The maximum absolute atomic E-state index is 12.8. The summed E-state index contributed by atoms with van der Waals surface area (Å²) >= 11 is 0. The van der Waals surface area contributed by atoms with Crippen molar-refractivity contribution in [1.29, 1.82) is 0 Å². The SMILES string of the molecule is Cl.O=C(c1ccccc1-n1cnnn1)N1C[C@H]2CNC[C@H]2C1. The summed E-state index contributed by atoms with van der Waals surface area (Å²) in [4.78, 5) is 14.8. The van der Waals surface area contributed by atoms with E-state index in [4.69, 9.17) is 0 Å². The molecule has 0 aliphatic carbocycles. The second-order valence-corrected chi connectivity index (χ2v) is 5.66. The molecule has 2 fully saturated rings. The Bertz CT molecular complexity index is 649. The van der Waals surface area contributed by atoms with Gasteiger partial charge in [0.1, 0.15) is 6.33 Å². The quantitative estimate of drug-likeness (QED) is 0.865. The van der Waals surface area contributed by atoms with Crippen LogP contribution < -0.4 is 5.32 Å². The Hall–Kier alpha value is -1.99. The van der Waals surface area contributed by atoms with Crippen LogP contribution in [0.1, 0.15) is 10.4 Å². The molecule has 2 atom stereocenters. The zero-order valence-corrected chi connectivity index (χ0v) is 12.7. The van der Waals surface area contributed by atoms with E-state index < -0.39 is 0 Å². The first kappa shape index (κ1) is 14.9. The van der Waals surface area contributed by atoms with Crippen molar-refractivity contribution in [1.82, 2.24) is 30.4 Å². The number of halogens is 1. The van der Waals surface area contributed by atoms with E-state index in [1.54, 1.807) is 0 Å². The van der Waals surface area contributed by atoms with Crippen molar-refractivity contribution in [2.24, 2.45) is 11.8 Å². The van der Waals surface area contributed by atoms with Crippen molar-refractivity contribution in [3.63, 3.8) is 0 Å². The lowest BCUT2D eigenvalue weighted by Gasteiger charge is -2.19. The number of nitrogens with zero attached hydrogens (tertiary/aromatic N) is 5. The lowest BCUT2D eigenvalue weighted by atomic mass is 10.0. The number of carbonyl (C=O) groups excluding carboxylic acids is 1. The lowest BCUT2D eigenvalue weighted by Crippen LogP contribution is -2.32. The molecule has 8 heteroatoms. The van der Waals surface area contributed by atoms with Gasteiger partial charge in [-0.05, 0) is 34.4 Å². The fourth-order valence-electron chi connectivity index (χ4n) is 3.32. The van der Waals surface area contributed by atoms with Gasteiger partial charge >= 0.3 is 0 Å². The van der Waals surface area contributed by atoms with Crippen molar-refractivity contribution in [3.8, 4) is 5.69 Å². The molecular formula is C14H17ClN6O. The van der Waals surface area contributed by atoms with Crippen LogP contribution in [0.4, 0.5) is 0 Å².